The minimum absolute atomic E-state index is 0.0131. The average Bonchev–Trinajstić information content (AvgIpc) is 2.62. The van der Waals surface area contributed by atoms with Crippen molar-refractivity contribution in [2.75, 3.05) is 5.32 Å². The summed E-state index contributed by atoms with van der Waals surface area (Å²) in [7, 11) is 0. The summed E-state index contributed by atoms with van der Waals surface area (Å²) in [6, 6.07) is 6.59. The SMILES string of the molecule is Cc1nc(Nc2ccc(O)cc2)sc1CC(=O)O. The zero-order valence-electron chi connectivity index (χ0n) is 9.67. The topological polar surface area (TPSA) is 82.5 Å². The van der Waals surface area contributed by atoms with E-state index >= 15 is 0 Å². The Morgan fingerprint density at radius 1 is 1.39 bits per heavy atom. The van der Waals surface area contributed by atoms with Crippen molar-refractivity contribution in [3.8, 4) is 5.75 Å². The molecule has 0 aliphatic heterocycles. The quantitative estimate of drug-likeness (QED) is 0.739. The van der Waals surface area contributed by atoms with E-state index in [-0.39, 0.29) is 12.2 Å². The molecule has 0 aliphatic carbocycles. The van der Waals surface area contributed by atoms with E-state index in [9.17, 15) is 4.79 Å². The van der Waals surface area contributed by atoms with Crippen molar-refractivity contribution in [3.63, 3.8) is 0 Å². The minimum atomic E-state index is -0.863. The molecule has 1 heterocycles. The zero-order valence-corrected chi connectivity index (χ0v) is 10.5. The van der Waals surface area contributed by atoms with Gasteiger partial charge in [-0.2, -0.15) is 0 Å². The van der Waals surface area contributed by atoms with Crippen LogP contribution < -0.4 is 5.32 Å². The predicted octanol–water partition coefficient (Wildman–Crippen LogP) is 2.53. The van der Waals surface area contributed by atoms with Crippen molar-refractivity contribution in [1.29, 1.82) is 0 Å². The Hall–Kier alpha value is -2.08. The monoisotopic (exact) mass is 264 g/mol. The van der Waals surface area contributed by atoms with Crippen LogP contribution in [0.1, 0.15) is 10.6 Å². The van der Waals surface area contributed by atoms with Gasteiger partial charge >= 0.3 is 5.97 Å². The summed E-state index contributed by atoms with van der Waals surface area (Å²) in [5.41, 5.74) is 1.52. The zero-order chi connectivity index (χ0) is 13.1. The molecule has 5 nitrogen and oxygen atoms in total. The highest BCUT2D eigenvalue weighted by molar-refractivity contribution is 7.15. The number of phenols is 1. The number of aromatic nitrogens is 1. The number of rotatable bonds is 4. The molecule has 18 heavy (non-hydrogen) atoms. The van der Waals surface area contributed by atoms with E-state index in [1.165, 1.54) is 11.3 Å². The lowest BCUT2D eigenvalue weighted by Crippen LogP contribution is -1.99. The lowest BCUT2D eigenvalue weighted by molar-refractivity contribution is -0.136. The summed E-state index contributed by atoms with van der Waals surface area (Å²) < 4.78 is 0. The van der Waals surface area contributed by atoms with Gasteiger partial charge in [0, 0.05) is 10.6 Å². The molecule has 0 saturated carbocycles. The smallest absolute Gasteiger partial charge is 0.308 e. The first-order chi connectivity index (χ1) is 8.54. The summed E-state index contributed by atoms with van der Waals surface area (Å²) in [6.07, 6.45) is -0.0131. The van der Waals surface area contributed by atoms with Gasteiger partial charge in [0.25, 0.3) is 0 Å². The van der Waals surface area contributed by atoms with Crippen molar-refractivity contribution in [2.24, 2.45) is 0 Å². The number of hydrogen-bond acceptors (Lipinski definition) is 5. The lowest BCUT2D eigenvalue weighted by atomic mass is 10.3. The highest BCUT2D eigenvalue weighted by Crippen LogP contribution is 2.26. The second-order valence-corrected chi connectivity index (χ2v) is 4.85. The van der Waals surface area contributed by atoms with E-state index in [2.05, 4.69) is 10.3 Å². The molecule has 6 heteroatoms. The van der Waals surface area contributed by atoms with Gasteiger partial charge in [-0.05, 0) is 31.2 Å². The molecule has 1 aromatic carbocycles. The molecule has 0 spiro atoms. The minimum Gasteiger partial charge on any atom is -0.508 e. The molecular formula is C12H12N2O3S. The Balaban J connectivity index is 2.14. The van der Waals surface area contributed by atoms with E-state index in [0.717, 1.165) is 16.3 Å². The molecular weight excluding hydrogens is 252 g/mol. The molecule has 0 radical (unpaired) electrons. The van der Waals surface area contributed by atoms with E-state index in [1.807, 2.05) is 0 Å². The molecule has 3 N–H and O–H groups in total. The van der Waals surface area contributed by atoms with Gasteiger partial charge in [0.05, 0.1) is 12.1 Å². The number of benzene rings is 1. The molecule has 0 unspecified atom stereocenters. The first-order valence-electron chi connectivity index (χ1n) is 5.29. The van der Waals surface area contributed by atoms with Crippen LogP contribution in [0.4, 0.5) is 10.8 Å². The van der Waals surface area contributed by atoms with Crippen LogP contribution in [0.25, 0.3) is 0 Å². The van der Waals surface area contributed by atoms with Crippen LogP contribution >= 0.6 is 11.3 Å². The number of anilines is 2. The number of nitrogens with one attached hydrogen (secondary N) is 1. The molecule has 0 fully saturated rings. The number of thiazole rings is 1. The molecule has 1 aromatic heterocycles. The Labute approximate surface area is 108 Å². The Bertz CT molecular complexity index is 563. The third-order valence-electron chi connectivity index (χ3n) is 2.32. The maximum atomic E-state index is 10.7. The van der Waals surface area contributed by atoms with Gasteiger partial charge in [0.2, 0.25) is 0 Å². The van der Waals surface area contributed by atoms with Crippen LogP contribution in [-0.4, -0.2) is 21.2 Å². The third kappa shape index (κ3) is 2.98. The number of aryl methyl sites for hydroxylation is 1. The third-order valence-corrected chi connectivity index (χ3v) is 3.40. The maximum absolute atomic E-state index is 10.7. The summed E-state index contributed by atoms with van der Waals surface area (Å²) in [4.78, 5) is 15.7. The lowest BCUT2D eigenvalue weighted by Gasteiger charge is -2.01. The van der Waals surface area contributed by atoms with Crippen LogP contribution in [0.5, 0.6) is 5.75 Å². The van der Waals surface area contributed by atoms with Gasteiger partial charge in [-0.1, -0.05) is 0 Å². The van der Waals surface area contributed by atoms with Gasteiger partial charge in [0.1, 0.15) is 5.75 Å². The first-order valence-corrected chi connectivity index (χ1v) is 6.10. The molecule has 2 rings (SSSR count). The molecule has 94 valence electrons. The number of nitrogens with zero attached hydrogens (tertiary/aromatic N) is 1. The average molecular weight is 264 g/mol. The number of aromatic hydroxyl groups is 1. The number of aliphatic carboxylic acids is 1. The standard InChI is InChI=1S/C12H12N2O3S/c1-7-10(6-11(16)17)18-12(13-7)14-8-2-4-9(15)5-3-8/h2-5,15H,6H2,1H3,(H,13,14)(H,16,17). The van der Waals surface area contributed by atoms with Crippen molar-refractivity contribution in [3.05, 3.63) is 34.8 Å². The van der Waals surface area contributed by atoms with Crippen LogP contribution in [0.2, 0.25) is 0 Å². The van der Waals surface area contributed by atoms with Crippen LogP contribution in [0.15, 0.2) is 24.3 Å². The van der Waals surface area contributed by atoms with Gasteiger partial charge < -0.3 is 15.5 Å². The first kappa shape index (κ1) is 12.4. The predicted molar refractivity (Wildman–Crippen MR) is 69.6 cm³/mol. The molecule has 0 saturated heterocycles. The van der Waals surface area contributed by atoms with Crippen molar-refractivity contribution in [2.45, 2.75) is 13.3 Å². The fourth-order valence-corrected chi connectivity index (χ4v) is 2.42. The van der Waals surface area contributed by atoms with Crippen LogP contribution in [0, 0.1) is 6.92 Å². The fourth-order valence-electron chi connectivity index (χ4n) is 1.45. The highest BCUT2D eigenvalue weighted by atomic mass is 32.1. The van der Waals surface area contributed by atoms with E-state index in [0.29, 0.717) is 5.13 Å². The Morgan fingerprint density at radius 2 is 2.06 bits per heavy atom. The molecule has 2 aromatic rings. The van der Waals surface area contributed by atoms with Crippen LogP contribution in [0.3, 0.4) is 0 Å². The van der Waals surface area contributed by atoms with Crippen molar-refractivity contribution >= 4 is 28.1 Å². The van der Waals surface area contributed by atoms with Crippen molar-refractivity contribution in [1.82, 2.24) is 4.98 Å². The molecule has 0 aliphatic rings. The number of carbonyl (C=O) groups is 1. The van der Waals surface area contributed by atoms with Gasteiger partial charge in [-0.15, -0.1) is 11.3 Å². The largest absolute Gasteiger partial charge is 0.508 e. The van der Waals surface area contributed by atoms with Crippen LogP contribution in [-0.2, 0) is 11.2 Å². The second-order valence-electron chi connectivity index (χ2n) is 3.77. The molecule has 0 bridgehead atoms. The van der Waals surface area contributed by atoms with Gasteiger partial charge in [0.15, 0.2) is 5.13 Å². The van der Waals surface area contributed by atoms with Gasteiger partial charge in [-0.3, -0.25) is 4.79 Å². The van der Waals surface area contributed by atoms with E-state index in [1.54, 1.807) is 31.2 Å². The number of carboxylic acid groups (broad SMARTS) is 1. The Morgan fingerprint density at radius 3 is 2.67 bits per heavy atom. The molecule has 0 atom stereocenters. The highest BCUT2D eigenvalue weighted by Gasteiger charge is 2.10. The summed E-state index contributed by atoms with van der Waals surface area (Å²) in [5.74, 6) is -0.666. The normalized spacial score (nSPS) is 10.3. The number of hydrogen-bond donors (Lipinski definition) is 3. The van der Waals surface area contributed by atoms with E-state index < -0.39 is 5.97 Å². The Kier molecular flexibility index (Phi) is 3.47. The number of phenolic OH excluding ortho intramolecular Hbond substituents is 1. The summed E-state index contributed by atoms with van der Waals surface area (Å²) in [5, 5.41) is 21.6. The maximum Gasteiger partial charge on any atom is 0.308 e. The summed E-state index contributed by atoms with van der Waals surface area (Å²) >= 11 is 1.32. The van der Waals surface area contributed by atoms with Gasteiger partial charge in [-0.25, -0.2) is 4.98 Å². The fraction of sp³-hybridized carbons (Fsp3) is 0.167. The summed E-state index contributed by atoms with van der Waals surface area (Å²) in [6.45, 7) is 1.79. The molecule has 0 amide bonds. The van der Waals surface area contributed by atoms with E-state index in [4.69, 9.17) is 10.2 Å². The number of carboxylic acids is 1. The second kappa shape index (κ2) is 5.05. The van der Waals surface area contributed by atoms with Crippen molar-refractivity contribution < 1.29 is 15.0 Å².